The molecule has 2 N–H and O–H groups in total. The molecule has 0 aliphatic heterocycles. The summed E-state index contributed by atoms with van der Waals surface area (Å²) in [5.41, 5.74) is 1.59. The maximum atomic E-state index is 13.6. The topological polar surface area (TPSA) is 66.9 Å². The van der Waals surface area contributed by atoms with Crippen LogP contribution in [-0.4, -0.2) is 16.1 Å². The Hall–Kier alpha value is -3.42. The molecule has 0 saturated carbocycles. The van der Waals surface area contributed by atoms with Crippen LogP contribution in [0.5, 0.6) is 0 Å². The first-order valence-corrected chi connectivity index (χ1v) is 8.02. The lowest BCUT2D eigenvalue weighted by Gasteiger charge is -2.08. The van der Waals surface area contributed by atoms with Crippen molar-refractivity contribution in [2.75, 3.05) is 10.6 Å². The number of benzene rings is 2. The van der Waals surface area contributed by atoms with Gasteiger partial charge in [0.1, 0.15) is 5.82 Å². The van der Waals surface area contributed by atoms with Crippen LogP contribution in [0.15, 0.2) is 48.5 Å². The van der Waals surface area contributed by atoms with Crippen LogP contribution in [-0.2, 0) is 6.54 Å². The Bertz CT molecular complexity index is 977. The van der Waals surface area contributed by atoms with E-state index in [0.29, 0.717) is 18.4 Å². The standard InChI is InChI=1S/C19H15F3N4O/c1-11-3-2-4-12(9-11)10-23-15-7-8-16(26-25-15)24-19(27)13-5-6-14(20)18(22)17(13)21/h2-9H,10H2,1H3,(H,23,25)(H,24,26,27). The van der Waals surface area contributed by atoms with Crippen molar-refractivity contribution in [1.82, 2.24) is 10.2 Å². The number of aryl methyl sites for hydroxylation is 1. The van der Waals surface area contributed by atoms with Crippen molar-refractivity contribution in [2.24, 2.45) is 0 Å². The van der Waals surface area contributed by atoms with Gasteiger partial charge >= 0.3 is 0 Å². The number of aromatic nitrogens is 2. The molecule has 1 heterocycles. The largest absolute Gasteiger partial charge is 0.365 e. The Morgan fingerprint density at radius 3 is 2.41 bits per heavy atom. The van der Waals surface area contributed by atoms with E-state index < -0.39 is 28.9 Å². The molecule has 0 aliphatic carbocycles. The van der Waals surface area contributed by atoms with E-state index in [0.717, 1.165) is 17.2 Å². The van der Waals surface area contributed by atoms with Gasteiger partial charge in [-0.2, -0.15) is 0 Å². The van der Waals surface area contributed by atoms with Gasteiger partial charge in [0, 0.05) is 6.54 Å². The van der Waals surface area contributed by atoms with Gasteiger partial charge in [0.25, 0.3) is 5.91 Å². The first-order chi connectivity index (χ1) is 12.9. The zero-order valence-electron chi connectivity index (χ0n) is 14.3. The molecule has 0 bridgehead atoms. The maximum absolute atomic E-state index is 13.6. The van der Waals surface area contributed by atoms with Crippen molar-refractivity contribution in [3.05, 3.63) is 82.7 Å². The summed E-state index contributed by atoms with van der Waals surface area (Å²) in [4.78, 5) is 12.0. The zero-order valence-corrected chi connectivity index (χ0v) is 14.3. The third-order valence-corrected chi connectivity index (χ3v) is 3.74. The van der Waals surface area contributed by atoms with Crippen LogP contribution in [0.1, 0.15) is 21.5 Å². The Kier molecular flexibility index (Phi) is 5.35. The molecule has 138 valence electrons. The highest BCUT2D eigenvalue weighted by Crippen LogP contribution is 2.17. The number of carbonyl (C=O) groups is 1. The van der Waals surface area contributed by atoms with E-state index in [1.807, 2.05) is 31.2 Å². The van der Waals surface area contributed by atoms with Gasteiger partial charge in [-0.1, -0.05) is 29.8 Å². The smallest absolute Gasteiger partial charge is 0.259 e. The minimum atomic E-state index is -1.70. The summed E-state index contributed by atoms with van der Waals surface area (Å²) in [7, 11) is 0. The quantitative estimate of drug-likeness (QED) is 0.663. The molecule has 0 saturated heterocycles. The fraction of sp³-hybridized carbons (Fsp3) is 0.105. The van der Waals surface area contributed by atoms with E-state index in [4.69, 9.17) is 0 Å². The van der Waals surface area contributed by atoms with E-state index in [-0.39, 0.29) is 5.82 Å². The van der Waals surface area contributed by atoms with Crippen LogP contribution in [0.3, 0.4) is 0 Å². The third kappa shape index (κ3) is 4.41. The van der Waals surface area contributed by atoms with E-state index in [1.165, 1.54) is 6.07 Å². The fourth-order valence-electron chi connectivity index (χ4n) is 2.39. The number of hydrogen-bond donors (Lipinski definition) is 2. The van der Waals surface area contributed by atoms with Gasteiger partial charge in [-0.05, 0) is 36.8 Å². The molecule has 0 radical (unpaired) electrons. The second-order valence-electron chi connectivity index (χ2n) is 5.82. The minimum absolute atomic E-state index is 0.0465. The molecule has 0 aliphatic rings. The first-order valence-electron chi connectivity index (χ1n) is 8.02. The number of nitrogens with zero attached hydrogens (tertiary/aromatic N) is 2. The molecular formula is C19H15F3N4O. The molecule has 3 rings (SSSR count). The molecule has 5 nitrogen and oxygen atoms in total. The van der Waals surface area contributed by atoms with Gasteiger partial charge in [0.05, 0.1) is 5.56 Å². The molecule has 2 aromatic carbocycles. The van der Waals surface area contributed by atoms with Crippen LogP contribution in [0.25, 0.3) is 0 Å². The van der Waals surface area contributed by atoms with E-state index in [1.54, 1.807) is 6.07 Å². The summed E-state index contributed by atoms with van der Waals surface area (Å²) >= 11 is 0. The summed E-state index contributed by atoms with van der Waals surface area (Å²) in [5, 5.41) is 13.1. The fourth-order valence-corrected chi connectivity index (χ4v) is 2.39. The van der Waals surface area contributed by atoms with Crippen molar-refractivity contribution in [3.8, 4) is 0 Å². The molecule has 3 aromatic rings. The van der Waals surface area contributed by atoms with E-state index in [2.05, 4.69) is 20.8 Å². The number of rotatable bonds is 5. The molecule has 1 amide bonds. The van der Waals surface area contributed by atoms with Crippen molar-refractivity contribution < 1.29 is 18.0 Å². The molecular weight excluding hydrogens is 357 g/mol. The molecule has 0 fully saturated rings. The lowest BCUT2D eigenvalue weighted by atomic mass is 10.1. The Labute approximate surface area is 153 Å². The van der Waals surface area contributed by atoms with Crippen molar-refractivity contribution >= 4 is 17.5 Å². The molecule has 27 heavy (non-hydrogen) atoms. The molecule has 1 aromatic heterocycles. The SMILES string of the molecule is Cc1cccc(CNc2ccc(NC(=O)c3ccc(F)c(F)c3F)nn2)c1. The lowest BCUT2D eigenvalue weighted by Crippen LogP contribution is -2.16. The molecule has 0 atom stereocenters. The number of amides is 1. The highest BCUT2D eigenvalue weighted by Gasteiger charge is 2.19. The summed E-state index contributed by atoms with van der Waals surface area (Å²) in [6, 6.07) is 12.5. The van der Waals surface area contributed by atoms with Crippen LogP contribution in [0.2, 0.25) is 0 Å². The summed E-state index contributed by atoms with van der Waals surface area (Å²) < 4.78 is 39.8. The normalized spacial score (nSPS) is 10.5. The minimum Gasteiger partial charge on any atom is -0.365 e. The number of nitrogens with one attached hydrogen (secondary N) is 2. The third-order valence-electron chi connectivity index (χ3n) is 3.74. The van der Waals surface area contributed by atoms with Crippen LogP contribution in [0.4, 0.5) is 24.8 Å². The second kappa shape index (κ2) is 7.86. The average molecular weight is 372 g/mol. The van der Waals surface area contributed by atoms with Gasteiger partial charge in [-0.15, -0.1) is 10.2 Å². The molecule has 0 unspecified atom stereocenters. The Balaban J connectivity index is 1.64. The second-order valence-corrected chi connectivity index (χ2v) is 5.82. The summed E-state index contributed by atoms with van der Waals surface area (Å²) in [5.74, 6) is -5.06. The van der Waals surface area contributed by atoms with Gasteiger partial charge in [-0.3, -0.25) is 4.79 Å². The van der Waals surface area contributed by atoms with Crippen molar-refractivity contribution in [3.63, 3.8) is 0 Å². The van der Waals surface area contributed by atoms with Gasteiger partial charge in [0.15, 0.2) is 23.3 Å². The number of carbonyl (C=O) groups excluding carboxylic acids is 1. The number of anilines is 2. The highest BCUT2D eigenvalue weighted by atomic mass is 19.2. The lowest BCUT2D eigenvalue weighted by molar-refractivity contribution is 0.102. The van der Waals surface area contributed by atoms with Gasteiger partial charge < -0.3 is 10.6 Å². The average Bonchev–Trinajstić information content (AvgIpc) is 2.65. The number of hydrogen-bond acceptors (Lipinski definition) is 4. The van der Waals surface area contributed by atoms with E-state index in [9.17, 15) is 18.0 Å². The van der Waals surface area contributed by atoms with Gasteiger partial charge in [-0.25, -0.2) is 13.2 Å². The zero-order chi connectivity index (χ0) is 19.4. The van der Waals surface area contributed by atoms with E-state index >= 15 is 0 Å². The number of halogens is 3. The monoisotopic (exact) mass is 372 g/mol. The predicted molar refractivity (Wildman–Crippen MR) is 94.8 cm³/mol. The van der Waals surface area contributed by atoms with Crippen LogP contribution >= 0.6 is 0 Å². The predicted octanol–water partition coefficient (Wildman–Crippen LogP) is 4.07. The Morgan fingerprint density at radius 2 is 1.70 bits per heavy atom. The first kappa shape index (κ1) is 18.4. The molecule has 0 spiro atoms. The highest BCUT2D eigenvalue weighted by molar-refractivity contribution is 6.03. The maximum Gasteiger partial charge on any atom is 0.259 e. The van der Waals surface area contributed by atoms with Crippen molar-refractivity contribution in [2.45, 2.75) is 13.5 Å². The molecule has 8 heteroatoms. The van der Waals surface area contributed by atoms with Gasteiger partial charge in [0.2, 0.25) is 0 Å². The van der Waals surface area contributed by atoms with Crippen LogP contribution < -0.4 is 10.6 Å². The summed E-state index contributed by atoms with van der Waals surface area (Å²) in [6.07, 6.45) is 0. The Morgan fingerprint density at radius 1 is 0.963 bits per heavy atom. The summed E-state index contributed by atoms with van der Waals surface area (Å²) in [6.45, 7) is 2.54. The van der Waals surface area contributed by atoms with Crippen LogP contribution in [0, 0.1) is 24.4 Å². The van der Waals surface area contributed by atoms with Crippen molar-refractivity contribution in [1.29, 1.82) is 0 Å².